The number of anilines is 1. The molecule has 4 heterocycles. The Kier molecular flexibility index (Phi) is 5.14. The molecule has 2 atom stereocenters. The van der Waals surface area contributed by atoms with Crippen molar-refractivity contribution in [2.75, 3.05) is 31.2 Å². The Morgan fingerprint density at radius 2 is 2.00 bits per heavy atom. The Labute approximate surface area is 185 Å². The number of fused-ring (bicyclic) bond motifs is 1. The summed E-state index contributed by atoms with van der Waals surface area (Å²) in [4.78, 5) is 11.4. The average Bonchev–Trinajstić information content (AvgIpc) is 3.32. The highest BCUT2D eigenvalue weighted by atomic mass is 16.5. The van der Waals surface area contributed by atoms with Crippen molar-refractivity contribution in [2.45, 2.75) is 12.8 Å². The van der Waals surface area contributed by atoms with E-state index in [4.69, 9.17) is 9.73 Å². The normalized spacial score (nSPS) is 21.2. The summed E-state index contributed by atoms with van der Waals surface area (Å²) < 4.78 is 5.45. The van der Waals surface area contributed by atoms with Gasteiger partial charge in [0.05, 0.1) is 54.3 Å². The Balaban J connectivity index is 1.63. The Morgan fingerprint density at radius 3 is 2.78 bits per heavy atom. The first kappa shape index (κ1) is 19.9. The predicted octanol–water partition coefficient (Wildman–Crippen LogP) is 3.43. The van der Waals surface area contributed by atoms with Gasteiger partial charge in [0.15, 0.2) is 0 Å². The van der Waals surface area contributed by atoms with Gasteiger partial charge in [-0.15, -0.1) is 0 Å². The average molecular weight is 423 g/mol. The molecule has 32 heavy (non-hydrogen) atoms. The van der Waals surface area contributed by atoms with E-state index in [9.17, 15) is 10.5 Å². The van der Waals surface area contributed by atoms with Crippen molar-refractivity contribution in [2.24, 2.45) is 10.9 Å². The summed E-state index contributed by atoms with van der Waals surface area (Å²) in [6.07, 6.45) is 3.49. The molecule has 0 spiro atoms. The van der Waals surface area contributed by atoms with Crippen molar-refractivity contribution in [3.8, 4) is 12.1 Å². The van der Waals surface area contributed by atoms with Crippen LogP contribution in [0.4, 0.5) is 5.82 Å². The number of aromatic amines is 1. The molecular formula is C24H21N7O. The number of allylic oxidation sites excluding steroid dienone is 1. The van der Waals surface area contributed by atoms with E-state index in [1.807, 2.05) is 37.3 Å². The van der Waals surface area contributed by atoms with E-state index in [0.717, 1.165) is 40.9 Å². The third-order valence-electron chi connectivity index (χ3n) is 6.07. The number of hydrogen-bond acceptors (Lipinski definition) is 7. The molecule has 3 aromatic rings. The number of rotatable bonds is 3. The van der Waals surface area contributed by atoms with Crippen molar-refractivity contribution >= 4 is 28.1 Å². The van der Waals surface area contributed by atoms with Crippen LogP contribution < -0.4 is 4.90 Å². The van der Waals surface area contributed by atoms with Gasteiger partial charge in [-0.25, -0.2) is 4.98 Å². The van der Waals surface area contributed by atoms with Crippen molar-refractivity contribution in [3.05, 3.63) is 59.4 Å². The molecule has 0 amide bonds. The summed E-state index contributed by atoms with van der Waals surface area (Å²) in [5, 5.41) is 28.1. The summed E-state index contributed by atoms with van der Waals surface area (Å²) >= 11 is 0. The molecule has 5 rings (SSSR count). The number of aliphatic imine (C=N–C) groups is 1. The number of nitrogens with one attached hydrogen (secondary N) is 1. The molecule has 8 heteroatoms. The van der Waals surface area contributed by atoms with Gasteiger partial charge in [-0.1, -0.05) is 6.07 Å². The van der Waals surface area contributed by atoms with E-state index >= 15 is 0 Å². The van der Waals surface area contributed by atoms with Crippen molar-refractivity contribution in [1.29, 1.82) is 10.5 Å². The topological polar surface area (TPSA) is 114 Å². The van der Waals surface area contributed by atoms with E-state index in [0.29, 0.717) is 30.2 Å². The Bertz CT molecular complexity index is 1320. The van der Waals surface area contributed by atoms with Gasteiger partial charge in [-0.2, -0.15) is 15.6 Å². The summed E-state index contributed by atoms with van der Waals surface area (Å²) in [6.45, 7) is 4.73. The number of nitrogens with zero attached hydrogens (tertiary/aromatic N) is 6. The first-order valence-electron chi connectivity index (χ1n) is 10.5. The van der Waals surface area contributed by atoms with Crippen LogP contribution in [0.25, 0.3) is 16.6 Å². The first-order valence-corrected chi connectivity index (χ1v) is 10.5. The van der Waals surface area contributed by atoms with Crippen LogP contribution in [0.5, 0.6) is 0 Å². The second kappa shape index (κ2) is 8.26. The molecule has 158 valence electrons. The van der Waals surface area contributed by atoms with Crippen molar-refractivity contribution in [1.82, 2.24) is 15.2 Å². The molecule has 1 saturated heterocycles. The van der Waals surface area contributed by atoms with Gasteiger partial charge in [0.25, 0.3) is 0 Å². The molecule has 0 aliphatic carbocycles. The smallest absolute Gasteiger partial charge is 0.129 e. The maximum atomic E-state index is 10.2. The first-order chi connectivity index (χ1) is 15.7. The molecule has 1 N–H and O–H groups in total. The molecule has 2 aliphatic rings. The zero-order valence-corrected chi connectivity index (χ0v) is 17.6. The van der Waals surface area contributed by atoms with Gasteiger partial charge in [0.1, 0.15) is 5.82 Å². The molecule has 1 aromatic carbocycles. The number of pyridine rings is 1. The van der Waals surface area contributed by atoms with Crippen molar-refractivity contribution < 1.29 is 4.74 Å². The number of hydrogen-bond donors (Lipinski definition) is 1. The third-order valence-corrected chi connectivity index (χ3v) is 6.07. The van der Waals surface area contributed by atoms with Crippen LogP contribution in [-0.4, -0.2) is 47.2 Å². The van der Waals surface area contributed by atoms with E-state index in [1.165, 1.54) is 0 Å². The van der Waals surface area contributed by atoms with Crippen LogP contribution in [0, 0.1) is 28.6 Å². The number of aromatic nitrogens is 3. The van der Waals surface area contributed by atoms with E-state index in [-0.39, 0.29) is 0 Å². The quantitative estimate of drug-likeness (QED) is 0.690. The minimum atomic E-state index is -0.515. The highest BCUT2D eigenvalue weighted by molar-refractivity contribution is 5.97. The fourth-order valence-corrected chi connectivity index (χ4v) is 4.42. The lowest BCUT2D eigenvalue weighted by molar-refractivity contribution is 0.122. The molecule has 2 aromatic heterocycles. The largest absolute Gasteiger partial charge is 0.378 e. The van der Waals surface area contributed by atoms with E-state index in [1.54, 1.807) is 12.4 Å². The van der Waals surface area contributed by atoms with Gasteiger partial charge < -0.3 is 9.64 Å². The Hall–Kier alpha value is -4.01. The SMILES string of the molecule is CC1=NC(c2ccnc(N3CCOCC3)c2)=C(C#N)C(c2ccc3[nH]ncc3c2)C1C#N. The molecule has 0 saturated carbocycles. The van der Waals surface area contributed by atoms with Crippen LogP contribution in [0.15, 0.2) is 53.3 Å². The summed E-state index contributed by atoms with van der Waals surface area (Å²) in [6, 6.07) is 14.5. The van der Waals surface area contributed by atoms with Crippen LogP contribution >= 0.6 is 0 Å². The molecule has 2 unspecified atom stereocenters. The van der Waals surface area contributed by atoms with Crippen molar-refractivity contribution in [3.63, 3.8) is 0 Å². The molecule has 1 fully saturated rings. The summed E-state index contributed by atoms with van der Waals surface area (Å²) in [5.41, 5.74) is 4.42. The maximum Gasteiger partial charge on any atom is 0.129 e. The minimum absolute atomic E-state index is 0.406. The van der Waals surface area contributed by atoms with Gasteiger partial charge in [0.2, 0.25) is 0 Å². The van der Waals surface area contributed by atoms with Gasteiger partial charge in [-0.3, -0.25) is 10.1 Å². The second-order valence-corrected chi connectivity index (χ2v) is 7.93. The third kappa shape index (κ3) is 3.41. The predicted molar refractivity (Wildman–Crippen MR) is 121 cm³/mol. The molecule has 0 bridgehead atoms. The maximum absolute atomic E-state index is 10.2. The number of morpholine rings is 1. The number of benzene rings is 1. The standard InChI is InChI=1S/C24H21N7O/c1-15-19(12-25)23(16-2-3-21-18(10-16)14-28-30-21)20(13-26)24(29-15)17-4-5-27-22(11-17)31-6-8-32-9-7-31/h2-5,10-11,14,19,23H,6-9H2,1H3,(H,28,30). The molecular weight excluding hydrogens is 402 g/mol. The summed E-state index contributed by atoms with van der Waals surface area (Å²) in [5.74, 6) is -0.0858. The Morgan fingerprint density at radius 1 is 1.16 bits per heavy atom. The van der Waals surface area contributed by atoms with Gasteiger partial charge in [-0.05, 0) is 36.8 Å². The number of ether oxygens (including phenoxy) is 1. The molecule has 2 aliphatic heterocycles. The zero-order chi connectivity index (χ0) is 22.1. The van der Waals surface area contributed by atoms with Crippen LogP contribution in [0.3, 0.4) is 0 Å². The van der Waals surface area contributed by atoms with Crippen LogP contribution in [0.2, 0.25) is 0 Å². The van der Waals surface area contributed by atoms with E-state index in [2.05, 4.69) is 32.2 Å². The van der Waals surface area contributed by atoms with Crippen LogP contribution in [0.1, 0.15) is 24.0 Å². The van der Waals surface area contributed by atoms with Gasteiger partial charge >= 0.3 is 0 Å². The van der Waals surface area contributed by atoms with Crippen LogP contribution in [-0.2, 0) is 4.74 Å². The van der Waals surface area contributed by atoms with E-state index < -0.39 is 11.8 Å². The number of nitriles is 2. The lowest BCUT2D eigenvalue weighted by Crippen LogP contribution is -2.36. The molecule has 8 nitrogen and oxygen atoms in total. The minimum Gasteiger partial charge on any atom is -0.378 e. The highest BCUT2D eigenvalue weighted by Crippen LogP contribution is 2.42. The number of H-pyrrole nitrogens is 1. The lowest BCUT2D eigenvalue weighted by atomic mass is 9.76. The monoisotopic (exact) mass is 423 g/mol. The van der Waals surface area contributed by atoms with Gasteiger partial charge in [0, 0.05) is 41.9 Å². The fourth-order valence-electron chi connectivity index (χ4n) is 4.42. The highest BCUT2D eigenvalue weighted by Gasteiger charge is 2.35. The summed E-state index contributed by atoms with van der Waals surface area (Å²) in [7, 11) is 0. The second-order valence-electron chi connectivity index (χ2n) is 7.93. The molecule has 0 radical (unpaired) electrons. The fraction of sp³-hybridized carbons (Fsp3) is 0.292. The lowest BCUT2D eigenvalue weighted by Gasteiger charge is -2.29. The zero-order valence-electron chi connectivity index (χ0n) is 17.6.